The molecule has 0 aromatic heterocycles. The lowest BCUT2D eigenvalue weighted by molar-refractivity contribution is 0.0695. The summed E-state index contributed by atoms with van der Waals surface area (Å²) < 4.78 is 0.584. The maximum Gasteiger partial charge on any atom is 0.336 e. The number of hydrogen-bond donors (Lipinski definition) is 2. The molecule has 5 heteroatoms. The fraction of sp³-hybridized carbons (Fsp3) is 0.533. The monoisotopic (exact) mass is 358 g/mol. The third-order valence-electron chi connectivity index (χ3n) is 3.69. The lowest BCUT2D eigenvalue weighted by atomic mass is 10.0. The van der Waals surface area contributed by atoms with E-state index in [4.69, 9.17) is 5.11 Å². The molecule has 0 aliphatic heterocycles. The van der Waals surface area contributed by atoms with Gasteiger partial charge in [-0.25, -0.2) is 4.79 Å². The first-order chi connectivity index (χ1) is 9.56. The Labute approximate surface area is 131 Å². The molecule has 1 aliphatic carbocycles. The smallest absolute Gasteiger partial charge is 0.336 e. The van der Waals surface area contributed by atoms with E-state index in [9.17, 15) is 9.90 Å². The molecule has 2 rings (SSSR count). The van der Waals surface area contributed by atoms with Crippen molar-refractivity contribution in [2.45, 2.75) is 43.1 Å². The first-order valence-electron chi connectivity index (χ1n) is 6.90. The van der Waals surface area contributed by atoms with Crippen LogP contribution in [0, 0.1) is 5.92 Å². The van der Waals surface area contributed by atoms with Crippen molar-refractivity contribution in [1.29, 1.82) is 0 Å². The molecule has 1 atom stereocenters. The number of carboxylic acids is 1. The number of benzene rings is 1. The fourth-order valence-electron chi connectivity index (χ4n) is 2.65. The second kappa shape index (κ2) is 7.48. The Morgan fingerprint density at radius 2 is 2.10 bits per heavy atom. The number of aromatic carboxylic acids is 1. The van der Waals surface area contributed by atoms with Crippen molar-refractivity contribution in [1.82, 2.24) is 0 Å². The van der Waals surface area contributed by atoms with Crippen molar-refractivity contribution in [3.63, 3.8) is 0 Å². The number of halogens is 1. The summed E-state index contributed by atoms with van der Waals surface area (Å²) in [6.45, 7) is 0. The van der Waals surface area contributed by atoms with Gasteiger partial charge in [-0.15, -0.1) is 11.8 Å². The van der Waals surface area contributed by atoms with Crippen LogP contribution in [-0.4, -0.2) is 28.0 Å². The Balaban J connectivity index is 1.86. The van der Waals surface area contributed by atoms with Crippen LogP contribution in [0.1, 0.15) is 42.5 Å². The maximum absolute atomic E-state index is 11.1. The van der Waals surface area contributed by atoms with Gasteiger partial charge in [0.05, 0.1) is 11.7 Å². The van der Waals surface area contributed by atoms with Crippen molar-refractivity contribution in [3.05, 3.63) is 28.2 Å². The quantitative estimate of drug-likeness (QED) is 0.748. The molecule has 0 amide bonds. The Kier molecular flexibility index (Phi) is 5.93. The zero-order chi connectivity index (χ0) is 14.5. The fourth-order valence-corrected chi connectivity index (χ4v) is 3.95. The van der Waals surface area contributed by atoms with Crippen molar-refractivity contribution in [3.8, 4) is 0 Å². The summed E-state index contributed by atoms with van der Waals surface area (Å²) >= 11 is 4.75. The molecule has 1 aliphatic rings. The molecule has 20 heavy (non-hydrogen) atoms. The van der Waals surface area contributed by atoms with Gasteiger partial charge in [0.2, 0.25) is 0 Å². The first kappa shape index (κ1) is 15.9. The van der Waals surface area contributed by atoms with Gasteiger partial charge in [-0.05, 0) is 46.5 Å². The number of hydrogen-bond acceptors (Lipinski definition) is 3. The van der Waals surface area contributed by atoms with Gasteiger partial charge in [0.1, 0.15) is 0 Å². The molecule has 0 spiro atoms. The highest BCUT2D eigenvalue weighted by Crippen LogP contribution is 2.31. The molecule has 1 aromatic carbocycles. The van der Waals surface area contributed by atoms with E-state index in [2.05, 4.69) is 15.9 Å². The summed E-state index contributed by atoms with van der Waals surface area (Å²) in [5, 5.41) is 19.1. The minimum absolute atomic E-state index is 0.264. The molecule has 1 fully saturated rings. The SMILES string of the molecule is O=C(O)c1cc(SCC(O)CC2CCCC2)ccc1Br. The van der Waals surface area contributed by atoms with E-state index >= 15 is 0 Å². The number of carboxylic acid groups (broad SMARTS) is 1. The molecule has 0 saturated heterocycles. The standard InChI is InChI=1S/C15H19BrO3S/c16-14-6-5-12(8-13(14)15(18)19)20-9-11(17)7-10-3-1-2-4-10/h5-6,8,10-11,17H,1-4,7,9H2,(H,18,19). The lowest BCUT2D eigenvalue weighted by Gasteiger charge is -2.15. The van der Waals surface area contributed by atoms with Crippen LogP contribution in [0.2, 0.25) is 0 Å². The van der Waals surface area contributed by atoms with Crippen LogP contribution in [0.25, 0.3) is 0 Å². The van der Waals surface area contributed by atoms with Crippen LogP contribution < -0.4 is 0 Å². The second-order valence-electron chi connectivity index (χ2n) is 5.30. The summed E-state index contributed by atoms with van der Waals surface area (Å²) in [5.41, 5.74) is 0.264. The molecule has 0 bridgehead atoms. The number of rotatable bonds is 6. The van der Waals surface area contributed by atoms with Gasteiger partial charge in [-0.2, -0.15) is 0 Å². The van der Waals surface area contributed by atoms with E-state index < -0.39 is 5.97 Å². The van der Waals surface area contributed by atoms with Crippen LogP contribution in [0.3, 0.4) is 0 Å². The Hall–Kier alpha value is -0.520. The molecule has 2 N–H and O–H groups in total. The molecule has 1 saturated carbocycles. The van der Waals surface area contributed by atoms with E-state index in [1.807, 2.05) is 6.07 Å². The highest BCUT2D eigenvalue weighted by molar-refractivity contribution is 9.10. The molecule has 0 radical (unpaired) electrons. The van der Waals surface area contributed by atoms with Gasteiger partial charge in [0.15, 0.2) is 0 Å². The molecular weight excluding hydrogens is 340 g/mol. The molecule has 0 heterocycles. The number of aliphatic hydroxyl groups is 1. The number of thioether (sulfide) groups is 1. The summed E-state index contributed by atoms with van der Waals surface area (Å²) in [5.74, 6) is 0.355. The van der Waals surface area contributed by atoms with E-state index in [0.29, 0.717) is 16.1 Å². The highest BCUT2D eigenvalue weighted by Gasteiger charge is 2.19. The summed E-state index contributed by atoms with van der Waals surface area (Å²) in [6.07, 6.45) is 5.63. The Bertz CT molecular complexity index is 472. The Morgan fingerprint density at radius 3 is 2.75 bits per heavy atom. The zero-order valence-corrected chi connectivity index (χ0v) is 13.6. The average Bonchev–Trinajstić information content (AvgIpc) is 2.90. The van der Waals surface area contributed by atoms with Gasteiger partial charge in [-0.1, -0.05) is 25.7 Å². The predicted molar refractivity (Wildman–Crippen MR) is 84.4 cm³/mol. The van der Waals surface area contributed by atoms with E-state index in [-0.39, 0.29) is 11.7 Å². The number of carbonyl (C=O) groups is 1. The van der Waals surface area contributed by atoms with E-state index in [1.165, 1.54) is 37.4 Å². The second-order valence-corrected chi connectivity index (χ2v) is 7.25. The molecule has 110 valence electrons. The van der Waals surface area contributed by atoms with E-state index in [0.717, 1.165) is 11.3 Å². The largest absolute Gasteiger partial charge is 0.478 e. The third-order valence-corrected chi connectivity index (χ3v) is 5.52. The van der Waals surface area contributed by atoms with Gasteiger partial charge in [0, 0.05) is 15.1 Å². The summed E-state index contributed by atoms with van der Waals surface area (Å²) in [4.78, 5) is 11.9. The van der Waals surface area contributed by atoms with Crippen molar-refractivity contribution >= 4 is 33.7 Å². The third kappa shape index (κ3) is 4.50. The van der Waals surface area contributed by atoms with Gasteiger partial charge >= 0.3 is 5.97 Å². The van der Waals surface area contributed by atoms with Crippen LogP contribution in [0.5, 0.6) is 0 Å². The summed E-state index contributed by atoms with van der Waals surface area (Å²) in [7, 11) is 0. The summed E-state index contributed by atoms with van der Waals surface area (Å²) in [6, 6.07) is 5.28. The van der Waals surface area contributed by atoms with Crippen LogP contribution in [0.15, 0.2) is 27.6 Å². The van der Waals surface area contributed by atoms with Crippen LogP contribution in [-0.2, 0) is 0 Å². The predicted octanol–water partition coefficient (Wildman–Crippen LogP) is 4.18. The lowest BCUT2D eigenvalue weighted by Crippen LogP contribution is -2.14. The van der Waals surface area contributed by atoms with Crippen molar-refractivity contribution in [2.24, 2.45) is 5.92 Å². The minimum Gasteiger partial charge on any atom is -0.478 e. The zero-order valence-electron chi connectivity index (χ0n) is 11.2. The van der Waals surface area contributed by atoms with Crippen molar-refractivity contribution < 1.29 is 15.0 Å². The van der Waals surface area contributed by atoms with Gasteiger partial charge < -0.3 is 10.2 Å². The van der Waals surface area contributed by atoms with Crippen LogP contribution in [0.4, 0.5) is 0 Å². The van der Waals surface area contributed by atoms with E-state index in [1.54, 1.807) is 12.1 Å². The Morgan fingerprint density at radius 1 is 1.40 bits per heavy atom. The minimum atomic E-state index is -0.939. The molecule has 1 unspecified atom stereocenters. The molecule has 3 nitrogen and oxygen atoms in total. The van der Waals surface area contributed by atoms with Crippen molar-refractivity contribution in [2.75, 3.05) is 5.75 Å². The van der Waals surface area contributed by atoms with Gasteiger partial charge in [-0.3, -0.25) is 0 Å². The van der Waals surface area contributed by atoms with Crippen LogP contribution >= 0.6 is 27.7 Å². The highest BCUT2D eigenvalue weighted by atomic mass is 79.9. The van der Waals surface area contributed by atoms with Gasteiger partial charge in [0.25, 0.3) is 0 Å². The normalized spacial score (nSPS) is 17.3. The first-order valence-corrected chi connectivity index (χ1v) is 8.68. The maximum atomic E-state index is 11.1. The average molecular weight is 359 g/mol. The molecular formula is C15H19BrO3S. The molecule has 1 aromatic rings. The number of aliphatic hydroxyl groups excluding tert-OH is 1. The topological polar surface area (TPSA) is 57.5 Å².